The number of carbonyl (C=O) groups is 7. The fourth-order valence-electron chi connectivity index (χ4n) is 5.47. The van der Waals surface area contributed by atoms with Gasteiger partial charge in [0.15, 0.2) is 5.78 Å². The van der Waals surface area contributed by atoms with Gasteiger partial charge in [-0.15, -0.1) is 13.2 Å². The van der Waals surface area contributed by atoms with Crippen molar-refractivity contribution in [3.05, 3.63) is 49.1 Å². The van der Waals surface area contributed by atoms with Crippen LogP contribution in [0.2, 0.25) is 0 Å². The number of nitrogens with zero attached hydrogens (tertiary/aromatic N) is 1. The molecule has 11 heteroatoms. The lowest BCUT2D eigenvalue weighted by atomic mass is 9.92. The first-order valence-corrected chi connectivity index (χ1v) is 24.3. The van der Waals surface area contributed by atoms with Crippen molar-refractivity contribution in [1.29, 1.82) is 0 Å². The number of hydrogen-bond acceptors (Lipinski definition) is 7. The van der Waals surface area contributed by atoms with Gasteiger partial charge in [-0.3, -0.25) is 33.6 Å². The van der Waals surface area contributed by atoms with Crippen LogP contribution in [0, 0.1) is 17.8 Å². The highest BCUT2D eigenvalue weighted by atomic mass is 16.2. The summed E-state index contributed by atoms with van der Waals surface area (Å²) in [6, 6.07) is 9.72. The largest absolute Gasteiger partial charge is 0.369 e. The van der Waals surface area contributed by atoms with Crippen LogP contribution >= 0.6 is 0 Å². The fraction of sp³-hybridized carbons (Fsp3) is 0.717. The molecule has 0 aromatic heterocycles. The second-order valence-corrected chi connectivity index (χ2v) is 17.4. The first kappa shape index (κ1) is 68.9. The third kappa shape index (κ3) is 48.9. The van der Waals surface area contributed by atoms with E-state index in [1.165, 1.54) is 65.7 Å². The van der Waals surface area contributed by atoms with Gasteiger partial charge in [-0.05, 0) is 63.9 Å². The highest BCUT2D eigenvalue weighted by molar-refractivity contribution is 6.36. The van der Waals surface area contributed by atoms with Crippen molar-refractivity contribution in [2.75, 3.05) is 20.6 Å². The van der Waals surface area contributed by atoms with Gasteiger partial charge >= 0.3 is 0 Å². The van der Waals surface area contributed by atoms with E-state index in [4.69, 9.17) is 5.73 Å². The Morgan fingerprint density at radius 3 is 1.45 bits per heavy atom. The zero-order chi connectivity index (χ0) is 50.5. The van der Waals surface area contributed by atoms with Crippen LogP contribution in [0.3, 0.4) is 0 Å². The van der Waals surface area contributed by atoms with Gasteiger partial charge in [0.25, 0.3) is 5.91 Å². The molecule has 1 aliphatic carbocycles. The minimum absolute atomic E-state index is 0.0230. The average molecular weight is 903 g/mol. The molecule has 11 nitrogen and oxygen atoms in total. The normalized spacial score (nSPS) is 12.4. The van der Waals surface area contributed by atoms with Crippen molar-refractivity contribution in [3.63, 3.8) is 0 Å². The Kier molecular flexibility index (Phi) is 52.0. The van der Waals surface area contributed by atoms with Gasteiger partial charge in [0.2, 0.25) is 23.5 Å². The highest BCUT2D eigenvalue weighted by Crippen LogP contribution is 2.24. The number of nitrogens with two attached hydrogens (primary N) is 1. The molecular formula is C53H98N4O7. The number of benzene rings is 1. The SMILES string of the molecule is C1CCCCC1.C=C.CC(=O)NC(C)C(C)=O.CCC(C)C.CCCCC(=O)C(=O)NCC(C)=O.CCCCC(C(=O)N(C)C)c1ccccc1.CCCC[C@@H](CCC(C)C)C(N)=O. The Labute approximate surface area is 392 Å². The van der Waals surface area contributed by atoms with Crippen molar-refractivity contribution in [2.24, 2.45) is 23.5 Å². The molecule has 1 aromatic carbocycles. The molecule has 1 aliphatic rings. The molecule has 0 saturated heterocycles. The Morgan fingerprint density at radius 1 is 0.672 bits per heavy atom. The quantitative estimate of drug-likeness (QED) is 0.0813. The maximum absolute atomic E-state index is 12.1. The van der Waals surface area contributed by atoms with Crippen LogP contribution in [-0.2, 0) is 33.6 Å². The summed E-state index contributed by atoms with van der Waals surface area (Å²) in [7, 11) is 3.65. The second-order valence-electron chi connectivity index (χ2n) is 17.4. The number of unbranched alkanes of at least 4 members (excludes halogenated alkanes) is 3. The van der Waals surface area contributed by atoms with E-state index < -0.39 is 11.7 Å². The van der Waals surface area contributed by atoms with E-state index in [0.717, 1.165) is 69.3 Å². The monoisotopic (exact) mass is 903 g/mol. The lowest BCUT2D eigenvalue weighted by molar-refractivity contribution is -0.138. The standard InChI is InChI=1S/C14H21NO.C11H23NO.C9H15NO3.C6H11NO2.C6H12.C5H12.C2H4/c1-4-5-11-13(14(16)15(2)3)12-9-7-6-8-10-12;1-4-5-6-10(11(12)13)8-7-9(2)3;1-3-4-5-8(12)9(13)10-6-7(2)11;1-4(5(2)8)7-6(3)9;1-2-4-6-5-3-1;1-4-5(2)3;1-2/h6-10,13H,4-5,11H2,1-3H3;9-10H,4-8H2,1-3H3,(H2,12,13);3-6H2,1-2H3,(H,10,13);4H,1-3H3,(H,7,9);1-6H2;5H,4H2,1-3H3;1-2H2/t;10-;;;;;/m.0...../s1. The van der Waals surface area contributed by atoms with Crippen molar-refractivity contribution in [3.8, 4) is 0 Å². The van der Waals surface area contributed by atoms with Crippen molar-refractivity contribution >= 4 is 41.0 Å². The van der Waals surface area contributed by atoms with Gasteiger partial charge < -0.3 is 21.3 Å². The number of amides is 4. The minimum atomic E-state index is -0.649. The van der Waals surface area contributed by atoms with E-state index in [0.29, 0.717) is 12.3 Å². The maximum atomic E-state index is 12.1. The summed E-state index contributed by atoms with van der Waals surface area (Å²) < 4.78 is 0. The van der Waals surface area contributed by atoms with Gasteiger partial charge in [0.05, 0.1) is 18.5 Å². The molecular weight excluding hydrogens is 805 g/mol. The zero-order valence-electron chi connectivity index (χ0n) is 43.5. The van der Waals surface area contributed by atoms with E-state index in [1.54, 1.807) is 11.8 Å². The van der Waals surface area contributed by atoms with E-state index in [9.17, 15) is 33.6 Å². The minimum Gasteiger partial charge on any atom is -0.369 e. The number of ketones is 3. The molecule has 1 fully saturated rings. The van der Waals surface area contributed by atoms with Gasteiger partial charge in [-0.25, -0.2) is 0 Å². The smallest absolute Gasteiger partial charge is 0.287 e. The van der Waals surface area contributed by atoms with Gasteiger partial charge in [-0.2, -0.15) is 0 Å². The number of nitrogens with one attached hydrogen (secondary N) is 2. The molecule has 1 saturated carbocycles. The summed E-state index contributed by atoms with van der Waals surface area (Å²) >= 11 is 0. The third-order valence-electron chi connectivity index (χ3n) is 10.0. The zero-order valence-corrected chi connectivity index (χ0v) is 43.5. The number of rotatable bonds is 21. The molecule has 2 unspecified atom stereocenters. The molecule has 0 heterocycles. The molecule has 64 heavy (non-hydrogen) atoms. The Bertz CT molecular complexity index is 1320. The van der Waals surface area contributed by atoms with Gasteiger partial charge in [-0.1, -0.05) is 169 Å². The van der Waals surface area contributed by atoms with Crippen LogP contribution in [0.15, 0.2) is 43.5 Å². The first-order valence-electron chi connectivity index (χ1n) is 24.3. The Balaban J connectivity index is -0.000000224. The number of likely N-dealkylation sites (N-methyl/N-ethyl adjacent to an activating group) is 1. The molecule has 0 bridgehead atoms. The number of Topliss-reactive ketones (excluding diaryl/α,β-unsaturated/α-hetero) is 3. The fourth-order valence-corrected chi connectivity index (χ4v) is 5.47. The highest BCUT2D eigenvalue weighted by Gasteiger charge is 2.21. The number of hydrogen-bond donors (Lipinski definition) is 3. The van der Waals surface area contributed by atoms with E-state index in [2.05, 4.69) is 72.3 Å². The summed E-state index contributed by atoms with van der Waals surface area (Å²) in [4.78, 5) is 78.0. The lowest BCUT2D eigenvalue weighted by Gasteiger charge is -2.20. The summed E-state index contributed by atoms with van der Waals surface area (Å²) in [5.74, 6) is 0.344. The first-order chi connectivity index (χ1) is 30.1. The van der Waals surface area contributed by atoms with E-state index in [1.807, 2.05) is 51.4 Å². The molecule has 0 aliphatic heterocycles. The molecule has 1 aromatic rings. The van der Waals surface area contributed by atoms with E-state index >= 15 is 0 Å². The molecule has 3 atom stereocenters. The predicted molar refractivity (Wildman–Crippen MR) is 270 cm³/mol. The molecule has 4 N–H and O–H groups in total. The van der Waals surface area contributed by atoms with Crippen molar-refractivity contribution < 1.29 is 33.6 Å². The molecule has 2 rings (SSSR count). The number of primary amides is 1. The predicted octanol–water partition coefficient (Wildman–Crippen LogP) is 11.5. The van der Waals surface area contributed by atoms with Crippen LogP contribution in [-0.4, -0.2) is 72.6 Å². The molecule has 0 radical (unpaired) electrons. The van der Waals surface area contributed by atoms with Crippen LogP contribution < -0.4 is 16.4 Å². The summed E-state index contributed by atoms with van der Waals surface area (Å²) in [5.41, 5.74) is 6.46. The van der Waals surface area contributed by atoms with Crippen molar-refractivity contribution in [2.45, 2.75) is 211 Å². The van der Waals surface area contributed by atoms with Crippen molar-refractivity contribution in [1.82, 2.24) is 15.5 Å². The van der Waals surface area contributed by atoms with E-state index in [-0.39, 0.29) is 60.1 Å². The van der Waals surface area contributed by atoms with Crippen LogP contribution in [0.1, 0.15) is 210 Å². The van der Waals surface area contributed by atoms with Gasteiger partial charge in [0.1, 0.15) is 5.78 Å². The summed E-state index contributed by atoms with van der Waals surface area (Å²) in [5, 5.41) is 4.71. The molecule has 4 amide bonds. The average Bonchev–Trinajstić information content (AvgIpc) is 3.27. The van der Waals surface area contributed by atoms with Gasteiger partial charge in [0, 0.05) is 33.4 Å². The topological polar surface area (TPSA) is 173 Å². The summed E-state index contributed by atoms with van der Waals surface area (Å²) in [6.45, 7) is 29.0. The molecule has 0 spiro atoms. The molecule has 372 valence electrons. The number of carbonyl (C=O) groups excluding carboxylic acids is 7. The third-order valence-corrected chi connectivity index (χ3v) is 10.0. The Hall–Kier alpha value is -4.15. The van der Waals surface area contributed by atoms with Crippen LogP contribution in [0.5, 0.6) is 0 Å². The van der Waals surface area contributed by atoms with Crippen LogP contribution in [0.25, 0.3) is 0 Å². The lowest BCUT2D eigenvalue weighted by Crippen LogP contribution is -2.35. The van der Waals surface area contributed by atoms with Crippen LogP contribution in [0.4, 0.5) is 0 Å². The maximum Gasteiger partial charge on any atom is 0.287 e. The Morgan fingerprint density at radius 2 is 1.12 bits per heavy atom. The second kappa shape index (κ2) is 48.3. The summed E-state index contributed by atoms with van der Waals surface area (Å²) in [6.07, 6.45) is 20.6.